The molecule has 0 spiro atoms. The average Bonchev–Trinajstić information content (AvgIpc) is 2.92. The number of carbonyl (C=O) groups excluding carboxylic acids is 1. The van der Waals surface area contributed by atoms with Crippen molar-refractivity contribution in [1.29, 1.82) is 0 Å². The molecular formula is C19H19N3OS. The van der Waals surface area contributed by atoms with Crippen LogP contribution in [0.1, 0.15) is 22.3 Å². The Kier molecular flexibility index (Phi) is 5.11. The maximum absolute atomic E-state index is 12.1. The molecule has 1 atom stereocenters. The van der Waals surface area contributed by atoms with Crippen LogP contribution < -0.4 is 5.32 Å². The number of amides is 1. The Morgan fingerprint density at radius 2 is 1.92 bits per heavy atom. The molecule has 2 aromatic rings. The minimum atomic E-state index is -0.155. The molecule has 0 bridgehead atoms. The van der Waals surface area contributed by atoms with Gasteiger partial charge in [-0.25, -0.2) is 0 Å². The van der Waals surface area contributed by atoms with Gasteiger partial charge in [-0.3, -0.25) is 4.79 Å². The summed E-state index contributed by atoms with van der Waals surface area (Å²) in [7, 11) is 0. The summed E-state index contributed by atoms with van der Waals surface area (Å²) in [5.41, 5.74) is 4.65. The first-order valence-corrected chi connectivity index (χ1v) is 8.69. The van der Waals surface area contributed by atoms with Gasteiger partial charge >= 0.3 is 0 Å². The van der Waals surface area contributed by atoms with Crippen molar-refractivity contribution in [1.82, 2.24) is 5.32 Å². The highest BCUT2D eigenvalue weighted by atomic mass is 32.2. The van der Waals surface area contributed by atoms with Gasteiger partial charge in [-0.2, -0.15) is 5.10 Å². The number of aryl methyl sites for hydroxylation is 2. The topological polar surface area (TPSA) is 53.8 Å². The zero-order valence-electron chi connectivity index (χ0n) is 13.7. The van der Waals surface area contributed by atoms with Gasteiger partial charge in [-0.1, -0.05) is 60.3 Å². The standard InChI is InChI=1S/C19H19N3OS/c1-13-8-9-16(10-14(13)2)11-17-18(23)21-19(24-17)22-20-12-15-6-4-3-5-7-15/h3-10,12,17H,11H2,1-2H3,(H,21,22,23)/b20-12-/t17-/m0/s1. The van der Waals surface area contributed by atoms with E-state index in [1.54, 1.807) is 6.21 Å². The lowest BCUT2D eigenvalue weighted by Gasteiger charge is -2.07. The lowest BCUT2D eigenvalue weighted by molar-refractivity contribution is -0.118. The van der Waals surface area contributed by atoms with Crippen LogP contribution in [0.2, 0.25) is 0 Å². The molecule has 1 saturated heterocycles. The Labute approximate surface area is 146 Å². The first kappa shape index (κ1) is 16.5. The first-order chi connectivity index (χ1) is 11.6. The Bertz CT molecular complexity index is 800. The van der Waals surface area contributed by atoms with Gasteiger partial charge in [0.25, 0.3) is 0 Å². The van der Waals surface area contributed by atoms with Crippen molar-refractivity contribution in [3.05, 3.63) is 70.8 Å². The van der Waals surface area contributed by atoms with Gasteiger partial charge in [-0.15, -0.1) is 5.10 Å². The van der Waals surface area contributed by atoms with E-state index in [4.69, 9.17) is 0 Å². The molecule has 1 heterocycles. The third kappa shape index (κ3) is 4.11. The van der Waals surface area contributed by atoms with Gasteiger partial charge in [0.15, 0.2) is 5.17 Å². The fourth-order valence-corrected chi connectivity index (χ4v) is 3.38. The van der Waals surface area contributed by atoms with E-state index < -0.39 is 0 Å². The molecule has 0 aliphatic carbocycles. The summed E-state index contributed by atoms with van der Waals surface area (Å²) in [4.78, 5) is 12.1. The maximum atomic E-state index is 12.1. The van der Waals surface area contributed by atoms with Crippen molar-refractivity contribution in [3.8, 4) is 0 Å². The monoisotopic (exact) mass is 337 g/mol. The van der Waals surface area contributed by atoms with Crippen LogP contribution in [-0.2, 0) is 11.2 Å². The molecule has 0 radical (unpaired) electrons. The van der Waals surface area contributed by atoms with E-state index in [9.17, 15) is 4.79 Å². The quantitative estimate of drug-likeness (QED) is 0.686. The Balaban J connectivity index is 1.63. The first-order valence-electron chi connectivity index (χ1n) is 7.81. The van der Waals surface area contributed by atoms with Crippen molar-refractivity contribution in [3.63, 3.8) is 0 Å². The molecule has 4 nitrogen and oxygen atoms in total. The van der Waals surface area contributed by atoms with E-state index in [0.717, 1.165) is 5.56 Å². The number of benzene rings is 2. The van der Waals surface area contributed by atoms with Crippen LogP contribution >= 0.6 is 11.8 Å². The van der Waals surface area contributed by atoms with Gasteiger partial charge in [0, 0.05) is 0 Å². The van der Waals surface area contributed by atoms with Crippen LogP contribution in [0.5, 0.6) is 0 Å². The van der Waals surface area contributed by atoms with Crippen LogP contribution in [0, 0.1) is 13.8 Å². The molecule has 3 rings (SSSR count). The van der Waals surface area contributed by atoms with Gasteiger partial charge in [0.1, 0.15) is 0 Å². The number of amidine groups is 1. The second-order valence-corrected chi connectivity index (χ2v) is 6.97. The molecular weight excluding hydrogens is 318 g/mol. The smallest absolute Gasteiger partial charge is 0.239 e. The normalized spacial score (nSPS) is 19.2. The molecule has 122 valence electrons. The number of carbonyl (C=O) groups is 1. The predicted octanol–water partition coefficient (Wildman–Crippen LogP) is 3.47. The van der Waals surface area contributed by atoms with E-state index in [1.165, 1.54) is 28.5 Å². The largest absolute Gasteiger partial charge is 0.303 e. The molecule has 0 aromatic heterocycles. The van der Waals surface area contributed by atoms with Crippen molar-refractivity contribution in [2.45, 2.75) is 25.5 Å². The predicted molar refractivity (Wildman–Crippen MR) is 101 cm³/mol. The highest BCUT2D eigenvalue weighted by Crippen LogP contribution is 2.24. The summed E-state index contributed by atoms with van der Waals surface area (Å²) < 4.78 is 0. The third-order valence-corrected chi connectivity index (χ3v) is 5.00. The summed E-state index contributed by atoms with van der Waals surface area (Å²) in [6, 6.07) is 16.1. The summed E-state index contributed by atoms with van der Waals surface area (Å²) in [5.74, 6) is -0.00751. The molecule has 0 unspecified atom stereocenters. The Hall–Kier alpha value is -2.40. The molecule has 1 N–H and O–H groups in total. The minimum absolute atomic E-state index is 0.00751. The highest BCUT2D eigenvalue weighted by molar-refractivity contribution is 8.15. The van der Waals surface area contributed by atoms with Crippen molar-refractivity contribution < 1.29 is 4.79 Å². The summed E-state index contributed by atoms with van der Waals surface area (Å²) in [6.07, 6.45) is 2.37. The summed E-state index contributed by atoms with van der Waals surface area (Å²) in [5, 5.41) is 11.4. The number of rotatable bonds is 4. The molecule has 1 aliphatic rings. The summed E-state index contributed by atoms with van der Waals surface area (Å²) >= 11 is 1.43. The maximum Gasteiger partial charge on any atom is 0.239 e. The second kappa shape index (κ2) is 7.45. The van der Waals surface area contributed by atoms with E-state index >= 15 is 0 Å². The Morgan fingerprint density at radius 1 is 1.12 bits per heavy atom. The number of thioether (sulfide) groups is 1. The van der Waals surface area contributed by atoms with Crippen LogP contribution in [0.15, 0.2) is 58.7 Å². The number of hydrogen-bond acceptors (Lipinski definition) is 4. The molecule has 2 aromatic carbocycles. The van der Waals surface area contributed by atoms with E-state index in [-0.39, 0.29) is 11.2 Å². The fraction of sp³-hybridized carbons (Fsp3) is 0.211. The number of nitrogens with one attached hydrogen (secondary N) is 1. The van der Waals surface area contributed by atoms with Crippen LogP contribution in [-0.4, -0.2) is 22.5 Å². The van der Waals surface area contributed by atoms with Crippen LogP contribution in [0.3, 0.4) is 0 Å². The van der Waals surface area contributed by atoms with Crippen molar-refractivity contribution in [2.24, 2.45) is 10.2 Å². The molecule has 1 aliphatic heterocycles. The van der Waals surface area contributed by atoms with E-state index in [1.807, 2.05) is 30.3 Å². The minimum Gasteiger partial charge on any atom is -0.303 e. The number of hydrogen-bond donors (Lipinski definition) is 1. The second-order valence-electron chi connectivity index (χ2n) is 5.78. The van der Waals surface area contributed by atoms with Gasteiger partial charge < -0.3 is 5.32 Å². The zero-order valence-corrected chi connectivity index (χ0v) is 14.5. The molecule has 5 heteroatoms. The van der Waals surface area contributed by atoms with Crippen LogP contribution in [0.4, 0.5) is 0 Å². The van der Waals surface area contributed by atoms with Crippen molar-refractivity contribution >= 4 is 29.1 Å². The molecule has 0 saturated carbocycles. The number of nitrogens with zero attached hydrogens (tertiary/aromatic N) is 2. The lowest BCUT2D eigenvalue weighted by Crippen LogP contribution is -2.25. The van der Waals surface area contributed by atoms with E-state index in [2.05, 4.69) is 47.6 Å². The average molecular weight is 337 g/mol. The third-order valence-electron chi connectivity index (χ3n) is 3.92. The molecule has 24 heavy (non-hydrogen) atoms. The fourth-order valence-electron chi connectivity index (χ4n) is 2.42. The highest BCUT2D eigenvalue weighted by Gasteiger charge is 2.30. The van der Waals surface area contributed by atoms with Gasteiger partial charge in [0.05, 0.1) is 11.5 Å². The Morgan fingerprint density at radius 3 is 2.67 bits per heavy atom. The lowest BCUT2D eigenvalue weighted by atomic mass is 10.0. The van der Waals surface area contributed by atoms with Crippen LogP contribution in [0.25, 0.3) is 0 Å². The molecule has 1 fully saturated rings. The van der Waals surface area contributed by atoms with Gasteiger partial charge in [-0.05, 0) is 42.5 Å². The summed E-state index contributed by atoms with van der Waals surface area (Å²) in [6.45, 7) is 4.18. The zero-order chi connectivity index (χ0) is 16.9. The van der Waals surface area contributed by atoms with Crippen molar-refractivity contribution in [2.75, 3.05) is 0 Å². The SMILES string of the molecule is Cc1ccc(C[C@@H]2S/C(=N/N=C\c3ccccc3)NC2=O)cc1C. The van der Waals surface area contributed by atoms with Gasteiger partial charge in [0.2, 0.25) is 5.91 Å². The van der Waals surface area contributed by atoms with E-state index in [0.29, 0.717) is 11.6 Å². The molecule has 1 amide bonds.